The second-order valence-corrected chi connectivity index (χ2v) is 7.46. The molecular formula is C21H17BrN2O4S. The Kier molecular flexibility index (Phi) is 6.14. The number of phenols is 1. The first-order chi connectivity index (χ1) is 13.8. The number of methoxy groups -OCH3 is 1. The lowest BCUT2D eigenvalue weighted by Gasteiger charge is -2.29. The number of hydrogen-bond acceptors (Lipinski definition) is 5. The van der Waals surface area contributed by atoms with Gasteiger partial charge in [-0.05, 0) is 60.6 Å². The Labute approximate surface area is 181 Å². The molecule has 2 N–H and O–H groups in total. The third-order valence-corrected chi connectivity index (χ3v) is 5.02. The third kappa shape index (κ3) is 4.23. The zero-order chi connectivity index (χ0) is 21.1. The maximum Gasteiger partial charge on any atom is 0.270 e. The molecule has 0 bridgehead atoms. The number of anilines is 1. The van der Waals surface area contributed by atoms with Crippen molar-refractivity contribution in [3.8, 4) is 11.5 Å². The third-order valence-electron chi connectivity index (χ3n) is 4.24. The number of hydrogen-bond donors (Lipinski definition) is 2. The van der Waals surface area contributed by atoms with E-state index in [1.54, 1.807) is 36.4 Å². The fraction of sp³-hybridized carbons (Fsp3) is 0.0952. The smallest absolute Gasteiger partial charge is 0.270 e. The highest BCUT2D eigenvalue weighted by atomic mass is 79.9. The highest BCUT2D eigenvalue weighted by molar-refractivity contribution is 9.10. The van der Waals surface area contributed by atoms with Gasteiger partial charge < -0.3 is 9.84 Å². The first-order valence-corrected chi connectivity index (χ1v) is 9.73. The van der Waals surface area contributed by atoms with Crippen molar-refractivity contribution in [2.24, 2.45) is 0 Å². The Morgan fingerprint density at radius 1 is 1.31 bits per heavy atom. The van der Waals surface area contributed by atoms with Crippen LogP contribution in [-0.2, 0) is 16.0 Å². The van der Waals surface area contributed by atoms with E-state index in [1.165, 1.54) is 18.1 Å². The maximum atomic E-state index is 13.1. The van der Waals surface area contributed by atoms with Crippen molar-refractivity contribution in [3.63, 3.8) is 0 Å². The number of ether oxygens (including phenoxy) is 1. The molecule has 0 aromatic heterocycles. The van der Waals surface area contributed by atoms with E-state index in [4.69, 9.17) is 17.0 Å². The second kappa shape index (κ2) is 8.59. The zero-order valence-electron chi connectivity index (χ0n) is 15.4. The van der Waals surface area contributed by atoms with Gasteiger partial charge in [-0.2, -0.15) is 0 Å². The molecule has 2 aromatic rings. The summed E-state index contributed by atoms with van der Waals surface area (Å²) in [6.45, 7) is 3.67. The number of carbonyl (C=O) groups excluding carboxylic acids is 2. The summed E-state index contributed by atoms with van der Waals surface area (Å²) in [7, 11) is 1.43. The Bertz CT molecular complexity index is 1060. The SMILES string of the molecule is C=CCc1cc(/C=C2\C(=O)NC(=S)N(c3cccc(Br)c3)C2=O)cc(OC)c1O. The minimum absolute atomic E-state index is 0.00545. The number of carbonyl (C=O) groups is 2. The van der Waals surface area contributed by atoms with E-state index in [0.717, 1.165) is 4.47 Å². The highest BCUT2D eigenvalue weighted by Gasteiger charge is 2.34. The Balaban J connectivity index is 2.07. The fourth-order valence-corrected chi connectivity index (χ4v) is 3.58. The predicted octanol–water partition coefficient (Wildman–Crippen LogP) is 3.72. The number of phenolic OH excluding ortho intramolecular Hbond substituents is 1. The van der Waals surface area contributed by atoms with Gasteiger partial charge >= 0.3 is 0 Å². The summed E-state index contributed by atoms with van der Waals surface area (Å²) < 4.78 is 5.97. The molecule has 6 nitrogen and oxygen atoms in total. The largest absolute Gasteiger partial charge is 0.504 e. The van der Waals surface area contributed by atoms with Crippen LogP contribution in [0.2, 0.25) is 0 Å². The number of rotatable bonds is 5. The van der Waals surface area contributed by atoms with E-state index in [0.29, 0.717) is 23.2 Å². The van der Waals surface area contributed by atoms with E-state index in [1.807, 2.05) is 6.07 Å². The summed E-state index contributed by atoms with van der Waals surface area (Å²) >= 11 is 8.57. The van der Waals surface area contributed by atoms with Crippen molar-refractivity contribution in [1.29, 1.82) is 0 Å². The number of benzene rings is 2. The van der Waals surface area contributed by atoms with Crippen LogP contribution in [0.15, 0.2) is 59.1 Å². The monoisotopic (exact) mass is 472 g/mol. The van der Waals surface area contributed by atoms with Gasteiger partial charge in [-0.25, -0.2) is 0 Å². The van der Waals surface area contributed by atoms with Crippen molar-refractivity contribution in [2.75, 3.05) is 12.0 Å². The molecule has 2 amide bonds. The summed E-state index contributed by atoms with van der Waals surface area (Å²) in [6, 6.07) is 10.2. The molecule has 1 aliphatic heterocycles. The lowest BCUT2D eigenvalue weighted by molar-refractivity contribution is -0.122. The highest BCUT2D eigenvalue weighted by Crippen LogP contribution is 2.33. The second-order valence-electron chi connectivity index (χ2n) is 6.16. The van der Waals surface area contributed by atoms with Crippen LogP contribution in [0.5, 0.6) is 11.5 Å². The summed E-state index contributed by atoms with van der Waals surface area (Å²) in [6.07, 6.45) is 3.48. The number of thiocarbonyl (C=S) groups is 1. The first-order valence-electron chi connectivity index (χ1n) is 8.53. The number of amides is 2. The quantitative estimate of drug-likeness (QED) is 0.300. The molecule has 1 aliphatic rings. The standard InChI is InChI=1S/C21H17BrN2O4S/c1-3-5-13-8-12(10-17(28-2)18(13)25)9-16-19(26)23-21(29)24(20(16)27)15-7-4-6-14(22)11-15/h3-4,6-11,25H,1,5H2,2H3,(H,23,26,29)/b16-9+. The molecule has 1 saturated heterocycles. The molecule has 8 heteroatoms. The van der Waals surface area contributed by atoms with Crippen molar-refractivity contribution >= 4 is 56.8 Å². The van der Waals surface area contributed by atoms with E-state index in [-0.39, 0.29) is 22.2 Å². The van der Waals surface area contributed by atoms with E-state index < -0.39 is 11.8 Å². The Morgan fingerprint density at radius 2 is 2.07 bits per heavy atom. The summed E-state index contributed by atoms with van der Waals surface area (Å²) in [4.78, 5) is 26.8. The lowest BCUT2D eigenvalue weighted by atomic mass is 10.0. The van der Waals surface area contributed by atoms with Gasteiger partial charge in [-0.3, -0.25) is 19.8 Å². The minimum Gasteiger partial charge on any atom is -0.504 e. The minimum atomic E-state index is -0.594. The molecule has 1 fully saturated rings. The van der Waals surface area contributed by atoms with Crippen LogP contribution in [0.1, 0.15) is 11.1 Å². The summed E-state index contributed by atoms with van der Waals surface area (Å²) in [5.74, 6) is -0.914. The van der Waals surface area contributed by atoms with Crippen LogP contribution in [-0.4, -0.2) is 29.1 Å². The molecule has 0 spiro atoms. The summed E-state index contributed by atoms with van der Waals surface area (Å²) in [5, 5.41) is 12.8. The molecule has 0 aliphatic carbocycles. The van der Waals surface area contributed by atoms with Gasteiger partial charge in [0.05, 0.1) is 12.8 Å². The molecular weight excluding hydrogens is 456 g/mol. The predicted molar refractivity (Wildman–Crippen MR) is 119 cm³/mol. The van der Waals surface area contributed by atoms with Crippen LogP contribution in [0.25, 0.3) is 6.08 Å². The number of aromatic hydroxyl groups is 1. The van der Waals surface area contributed by atoms with Crippen LogP contribution in [0.4, 0.5) is 5.69 Å². The van der Waals surface area contributed by atoms with Crippen LogP contribution >= 0.6 is 28.1 Å². The molecule has 0 unspecified atom stereocenters. The van der Waals surface area contributed by atoms with Gasteiger partial charge in [0.25, 0.3) is 11.8 Å². The average molecular weight is 473 g/mol. The molecule has 29 heavy (non-hydrogen) atoms. The lowest BCUT2D eigenvalue weighted by Crippen LogP contribution is -2.54. The van der Waals surface area contributed by atoms with Crippen LogP contribution in [0, 0.1) is 0 Å². The van der Waals surface area contributed by atoms with E-state index >= 15 is 0 Å². The molecule has 0 radical (unpaired) electrons. The number of nitrogens with zero attached hydrogens (tertiary/aromatic N) is 1. The maximum absolute atomic E-state index is 13.1. The van der Waals surface area contributed by atoms with Gasteiger partial charge in [0.15, 0.2) is 16.6 Å². The van der Waals surface area contributed by atoms with E-state index in [9.17, 15) is 14.7 Å². The van der Waals surface area contributed by atoms with Gasteiger partial charge in [0.2, 0.25) is 0 Å². The molecule has 0 atom stereocenters. The first kappa shape index (κ1) is 20.8. The van der Waals surface area contributed by atoms with Crippen molar-refractivity contribution < 1.29 is 19.4 Å². The number of halogens is 1. The van der Waals surface area contributed by atoms with Crippen LogP contribution in [0.3, 0.4) is 0 Å². The van der Waals surface area contributed by atoms with Gasteiger partial charge in [0.1, 0.15) is 5.57 Å². The average Bonchev–Trinajstić information content (AvgIpc) is 2.67. The van der Waals surface area contributed by atoms with Crippen molar-refractivity contribution in [3.05, 3.63) is 70.2 Å². The van der Waals surface area contributed by atoms with Gasteiger partial charge in [0, 0.05) is 10.0 Å². The Morgan fingerprint density at radius 3 is 2.72 bits per heavy atom. The summed E-state index contributed by atoms with van der Waals surface area (Å²) in [5.41, 5.74) is 1.53. The number of allylic oxidation sites excluding steroid dienone is 1. The van der Waals surface area contributed by atoms with Crippen molar-refractivity contribution in [2.45, 2.75) is 6.42 Å². The normalized spacial score (nSPS) is 15.4. The molecule has 2 aromatic carbocycles. The van der Waals surface area contributed by atoms with Crippen molar-refractivity contribution in [1.82, 2.24) is 5.32 Å². The molecule has 148 valence electrons. The number of nitrogens with one attached hydrogen (secondary N) is 1. The van der Waals surface area contributed by atoms with Crippen LogP contribution < -0.4 is 15.0 Å². The fourth-order valence-electron chi connectivity index (χ4n) is 2.91. The van der Waals surface area contributed by atoms with Gasteiger partial charge in [-0.15, -0.1) is 6.58 Å². The molecule has 3 rings (SSSR count). The van der Waals surface area contributed by atoms with Gasteiger partial charge in [-0.1, -0.05) is 28.1 Å². The molecule has 0 saturated carbocycles. The zero-order valence-corrected chi connectivity index (χ0v) is 17.8. The topological polar surface area (TPSA) is 78.9 Å². The Hall–Kier alpha value is -2.97. The van der Waals surface area contributed by atoms with E-state index in [2.05, 4.69) is 27.8 Å². The molecule has 1 heterocycles.